The summed E-state index contributed by atoms with van der Waals surface area (Å²) in [5.41, 5.74) is -0.343. The van der Waals surface area contributed by atoms with Crippen LogP contribution < -0.4 is 15.4 Å². The number of nitrogens with one attached hydrogen (secondary N) is 2. The number of hydrogen-bond donors (Lipinski definition) is 2. The van der Waals surface area contributed by atoms with Crippen molar-refractivity contribution in [3.8, 4) is 5.75 Å². The Labute approximate surface area is 212 Å². The van der Waals surface area contributed by atoms with E-state index in [2.05, 4.69) is 15.4 Å². The van der Waals surface area contributed by atoms with Gasteiger partial charge in [0.25, 0.3) is 0 Å². The molecule has 3 fully saturated rings. The molecule has 1 spiro atoms. The SMILES string of the molecule is CNC(=O)N1C[C@H](N(C(=O)NCc2ccc(OC(F)(F)F)cc2F)C2CC2)CC2(CCC(=O)N(C)C2)C1. The first kappa shape index (κ1) is 26.8. The minimum atomic E-state index is -4.94. The van der Waals surface area contributed by atoms with E-state index in [1.165, 1.54) is 0 Å². The fourth-order valence-electron chi connectivity index (χ4n) is 5.49. The number of rotatable bonds is 5. The maximum absolute atomic E-state index is 14.4. The Bertz CT molecular complexity index is 1050. The molecule has 1 aromatic carbocycles. The number of halogens is 4. The van der Waals surface area contributed by atoms with Crippen LogP contribution in [0.4, 0.5) is 27.2 Å². The first-order valence-electron chi connectivity index (χ1n) is 12.2. The molecule has 4 rings (SSSR count). The lowest BCUT2D eigenvalue weighted by Crippen LogP contribution is -2.63. The Kier molecular flexibility index (Phi) is 7.43. The van der Waals surface area contributed by atoms with E-state index >= 15 is 0 Å². The second kappa shape index (κ2) is 10.3. The lowest BCUT2D eigenvalue weighted by atomic mass is 9.72. The van der Waals surface area contributed by atoms with Gasteiger partial charge in [-0.25, -0.2) is 14.0 Å². The molecular formula is C24H31F4N5O4. The van der Waals surface area contributed by atoms with Gasteiger partial charge in [0.1, 0.15) is 11.6 Å². The average molecular weight is 530 g/mol. The molecule has 0 aromatic heterocycles. The van der Waals surface area contributed by atoms with E-state index in [0.29, 0.717) is 45.0 Å². The quantitative estimate of drug-likeness (QED) is 0.574. The Morgan fingerprint density at radius 1 is 1.22 bits per heavy atom. The number of alkyl halides is 3. The van der Waals surface area contributed by atoms with Gasteiger partial charge in [0.15, 0.2) is 0 Å². The van der Waals surface area contributed by atoms with E-state index in [1.807, 2.05) is 0 Å². The van der Waals surface area contributed by atoms with Crippen LogP contribution >= 0.6 is 0 Å². The minimum Gasteiger partial charge on any atom is -0.406 e. The molecule has 3 aliphatic rings. The van der Waals surface area contributed by atoms with E-state index in [9.17, 15) is 31.9 Å². The van der Waals surface area contributed by atoms with E-state index in [0.717, 1.165) is 25.0 Å². The number of carbonyl (C=O) groups is 3. The third-order valence-electron chi connectivity index (χ3n) is 7.25. The molecule has 2 saturated heterocycles. The van der Waals surface area contributed by atoms with Crippen molar-refractivity contribution in [3.63, 3.8) is 0 Å². The van der Waals surface area contributed by atoms with Crippen LogP contribution in [0.2, 0.25) is 0 Å². The van der Waals surface area contributed by atoms with Crippen LogP contribution in [-0.2, 0) is 11.3 Å². The molecule has 204 valence electrons. The van der Waals surface area contributed by atoms with Gasteiger partial charge in [0.05, 0.1) is 6.04 Å². The first-order chi connectivity index (χ1) is 17.4. The zero-order valence-corrected chi connectivity index (χ0v) is 20.7. The Balaban J connectivity index is 1.48. The van der Waals surface area contributed by atoms with Crippen LogP contribution in [0.3, 0.4) is 0 Å². The van der Waals surface area contributed by atoms with Crippen molar-refractivity contribution in [2.45, 2.75) is 57.1 Å². The van der Waals surface area contributed by atoms with E-state index in [4.69, 9.17) is 0 Å². The van der Waals surface area contributed by atoms with Crippen molar-refractivity contribution < 1.29 is 36.7 Å². The summed E-state index contributed by atoms with van der Waals surface area (Å²) in [6, 6.07) is 1.72. The summed E-state index contributed by atoms with van der Waals surface area (Å²) < 4.78 is 55.3. The van der Waals surface area contributed by atoms with Crippen LogP contribution in [0.5, 0.6) is 5.75 Å². The molecule has 5 amide bonds. The van der Waals surface area contributed by atoms with Crippen LogP contribution in [0.1, 0.15) is 37.7 Å². The summed E-state index contributed by atoms with van der Waals surface area (Å²) in [5, 5.41) is 5.34. The van der Waals surface area contributed by atoms with Crippen molar-refractivity contribution in [2.24, 2.45) is 5.41 Å². The summed E-state index contributed by atoms with van der Waals surface area (Å²) >= 11 is 0. The summed E-state index contributed by atoms with van der Waals surface area (Å²) in [6.45, 7) is 1.04. The molecule has 1 unspecified atom stereocenters. The Hall–Kier alpha value is -3.25. The van der Waals surface area contributed by atoms with Gasteiger partial charge in [-0.3, -0.25) is 4.79 Å². The van der Waals surface area contributed by atoms with Crippen molar-refractivity contribution in [1.82, 2.24) is 25.3 Å². The second-order valence-electron chi connectivity index (χ2n) is 10.1. The van der Waals surface area contributed by atoms with Crippen LogP contribution in [0.25, 0.3) is 0 Å². The maximum atomic E-state index is 14.4. The molecule has 2 atom stereocenters. The van der Waals surface area contributed by atoms with Crippen LogP contribution in [0.15, 0.2) is 18.2 Å². The number of amides is 5. The van der Waals surface area contributed by atoms with Gasteiger partial charge in [-0.1, -0.05) is 6.07 Å². The molecular weight excluding hydrogens is 498 g/mol. The number of ether oxygens (including phenoxy) is 1. The molecule has 2 aliphatic heterocycles. The Morgan fingerprint density at radius 2 is 1.95 bits per heavy atom. The van der Waals surface area contributed by atoms with Gasteiger partial charge < -0.3 is 30.1 Å². The smallest absolute Gasteiger partial charge is 0.406 e. The highest BCUT2D eigenvalue weighted by atomic mass is 19.4. The van der Waals surface area contributed by atoms with E-state index in [1.54, 1.807) is 28.8 Å². The number of urea groups is 2. The number of nitrogens with zero attached hydrogens (tertiary/aromatic N) is 3. The highest BCUT2D eigenvalue weighted by Gasteiger charge is 2.49. The fourth-order valence-corrected chi connectivity index (χ4v) is 5.49. The van der Waals surface area contributed by atoms with Crippen molar-refractivity contribution in [1.29, 1.82) is 0 Å². The predicted octanol–water partition coefficient (Wildman–Crippen LogP) is 3.05. The highest BCUT2D eigenvalue weighted by molar-refractivity contribution is 5.78. The molecule has 2 N–H and O–H groups in total. The molecule has 9 nitrogen and oxygen atoms in total. The molecule has 37 heavy (non-hydrogen) atoms. The second-order valence-corrected chi connectivity index (χ2v) is 10.1. The fraction of sp³-hybridized carbons (Fsp3) is 0.625. The summed E-state index contributed by atoms with van der Waals surface area (Å²) in [5.74, 6) is -1.57. The molecule has 1 saturated carbocycles. The molecule has 1 aromatic rings. The van der Waals surface area contributed by atoms with Crippen molar-refractivity contribution in [2.75, 3.05) is 33.7 Å². The van der Waals surface area contributed by atoms with E-state index in [-0.39, 0.29) is 41.5 Å². The predicted molar refractivity (Wildman–Crippen MR) is 124 cm³/mol. The van der Waals surface area contributed by atoms with Crippen molar-refractivity contribution >= 4 is 18.0 Å². The molecule has 0 bridgehead atoms. The lowest BCUT2D eigenvalue weighted by molar-refractivity contribution is -0.274. The van der Waals surface area contributed by atoms with Crippen LogP contribution in [0, 0.1) is 11.2 Å². The molecule has 2 heterocycles. The molecule has 1 aliphatic carbocycles. The van der Waals surface area contributed by atoms with Crippen molar-refractivity contribution in [3.05, 3.63) is 29.6 Å². The number of piperidine rings is 2. The number of hydrogen-bond acceptors (Lipinski definition) is 4. The van der Waals surface area contributed by atoms with Gasteiger partial charge in [0, 0.05) is 69.8 Å². The van der Waals surface area contributed by atoms with Gasteiger partial charge in [-0.15, -0.1) is 13.2 Å². The zero-order chi connectivity index (χ0) is 27.0. The molecule has 0 radical (unpaired) electrons. The van der Waals surface area contributed by atoms with Crippen LogP contribution in [-0.4, -0.2) is 84.8 Å². The molecule has 13 heteroatoms. The number of likely N-dealkylation sites (tertiary alicyclic amines) is 2. The minimum absolute atomic E-state index is 0.0122. The Morgan fingerprint density at radius 3 is 2.54 bits per heavy atom. The third kappa shape index (κ3) is 6.37. The monoisotopic (exact) mass is 529 g/mol. The lowest BCUT2D eigenvalue weighted by Gasteiger charge is -2.52. The van der Waals surface area contributed by atoms with Gasteiger partial charge in [0.2, 0.25) is 5.91 Å². The van der Waals surface area contributed by atoms with Gasteiger partial charge >= 0.3 is 18.4 Å². The standard InChI is InChI=1S/C24H31F4N5O4/c1-29-21(35)32-12-17(10-23(14-32)8-7-20(34)31(2)13-23)33(16-4-5-16)22(36)30-11-15-3-6-18(9-19(15)25)37-24(26,27)28/h3,6,9,16-17H,4-5,7-8,10-14H2,1-2H3,(H,29,35)(H,30,36)/t17-,23?/m1/s1. The number of benzene rings is 1. The summed E-state index contributed by atoms with van der Waals surface area (Å²) in [6.07, 6.45) is -1.75. The van der Waals surface area contributed by atoms with E-state index < -0.39 is 24.0 Å². The number of carbonyl (C=O) groups excluding carboxylic acids is 3. The largest absolute Gasteiger partial charge is 0.573 e. The van der Waals surface area contributed by atoms with Gasteiger partial charge in [-0.05, 0) is 31.7 Å². The first-order valence-corrected chi connectivity index (χ1v) is 12.2. The normalized spacial score (nSPS) is 24.2. The van der Waals surface area contributed by atoms with Gasteiger partial charge in [-0.2, -0.15) is 0 Å². The average Bonchev–Trinajstić information content (AvgIpc) is 3.64. The maximum Gasteiger partial charge on any atom is 0.573 e. The topological polar surface area (TPSA) is 94.2 Å². The summed E-state index contributed by atoms with van der Waals surface area (Å²) in [7, 11) is 3.28. The third-order valence-corrected chi connectivity index (χ3v) is 7.25. The highest BCUT2D eigenvalue weighted by Crippen LogP contribution is 2.42. The summed E-state index contributed by atoms with van der Waals surface area (Å²) in [4.78, 5) is 43.1. The zero-order valence-electron chi connectivity index (χ0n) is 20.7.